The first kappa shape index (κ1) is 14.3. The number of hydrogen-bond acceptors (Lipinski definition) is 2. The van der Waals surface area contributed by atoms with Gasteiger partial charge in [-0.25, -0.2) is 4.79 Å². The monoisotopic (exact) mass is 309 g/mol. The summed E-state index contributed by atoms with van der Waals surface area (Å²) in [6.07, 6.45) is 3.49. The van der Waals surface area contributed by atoms with Gasteiger partial charge in [0.05, 0.1) is 5.56 Å². The summed E-state index contributed by atoms with van der Waals surface area (Å²) in [5, 5.41) is 9.62. The molecule has 4 heteroatoms. The lowest BCUT2D eigenvalue weighted by atomic mass is 9.99. The van der Waals surface area contributed by atoms with Crippen molar-refractivity contribution >= 4 is 17.6 Å². The molecule has 0 fully saturated rings. The Morgan fingerprint density at radius 2 is 1.45 bits per heavy atom. The number of aromatic carboxylic acids is 1. The number of carbonyl (C=O) groups is 1. The molecule has 0 saturated heterocycles. The minimum absolute atomic E-state index is 0.220. The van der Waals surface area contributed by atoms with Gasteiger partial charge in [-0.15, -0.1) is 0 Å². The third kappa shape index (κ3) is 2.85. The molecular formula is C18H12ClNO2. The van der Waals surface area contributed by atoms with Gasteiger partial charge in [0.15, 0.2) is 0 Å². The number of pyridine rings is 1. The summed E-state index contributed by atoms with van der Waals surface area (Å²) in [6, 6.07) is 16.4. The summed E-state index contributed by atoms with van der Waals surface area (Å²) in [6.45, 7) is 0. The van der Waals surface area contributed by atoms with Gasteiger partial charge in [-0.3, -0.25) is 4.98 Å². The summed E-state index contributed by atoms with van der Waals surface area (Å²) in [7, 11) is 0. The number of hydrogen-bond donors (Lipinski definition) is 1. The summed E-state index contributed by atoms with van der Waals surface area (Å²) in [4.78, 5) is 15.1. The molecule has 1 aromatic heterocycles. The summed E-state index contributed by atoms with van der Waals surface area (Å²) >= 11 is 6.19. The van der Waals surface area contributed by atoms with E-state index in [-0.39, 0.29) is 5.56 Å². The number of carboxylic acids is 1. The molecule has 108 valence electrons. The number of rotatable bonds is 3. The Bertz CT molecular complexity index is 814. The lowest BCUT2D eigenvalue weighted by Crippen LogP contribution is -1.96. The normalized spacial score (nSPS) is 10.4. The number of carboxylic acid groups (broad SMARTS) is 1. The minimum atomic E-state index is -0.966. The summed E-state index contributed by atoms with van der Waals surface area (Å²) < 4.78 is 0. The van der Waals surface area contributed by atoms with E-state index in [1.54, 1.807) is 24.5 Å². The third-order valence-electron chi connectivity index (χ3n) is 3.42. The van der Waals surface area contributed by atoms with Gasteiger partial charge in [0.1, 0.15) is 0 Å². The Hall–Kier alpha value is -2.65. The summed E-state index contributed by atoms with van der Waals surface area (Å²) in [5.74, 6) is -0.966. The highest BCUT2D eigenvalue weighted by molar-refractivity contribution is 6.33. The van der Waals surface area contributed by atoms with Crippen LogP contribution in [0.25, 0.3) is 22.3 Å². The van der Waals surface area contributed by atoms with Crippen LogP contribution in [0.3, 0.4) is 0 Å². The van der Waals surface area contributed by atoms with E-state index >= 15 is 0 Å². The molecule has 3 aromatic rings. The highest BCUT2D eigenvalue weighted by Gasteiger charge is 2.09. The molecule has 0 bridgehead atoms. The molecule has 2 aromatic carbocycles. The maximum absolute atomic E-state index is 11.1. The molecule has 0 aliphatic heterocycles. The maximum atomic E-state index is 11.1. The first-order valence-corrected chi connectivity index (χ1v) is 7.06. The Morgan fingerprint density at radius 3 is 2.09 bits per heavy atom. The lowest BCUT2D eigenvalue weighted by Gasteiger charge is -2.08. The van der Waals surface area contributed by atoms with Crippen molar-refractivity contribution in [3.05, 3.63) is 77.6 Å². The summed E-state index contributed by atoms with van der Waals surface area (Å²) in [5.41, 5.74) is 3.95. The SMILES string of the molecule is O=C(O)c1ccc(Cl)c(-c2ccc(-c3ccncc3)cc2)c1. The van der Waals surface area contributed by atoms with Gasteiger partial charge >= 0.3 is 5.97 Å². The van der Waals surface area contributed by atoms with Crippen LogP contribution >= 0.6 is 11.6 Å². The van der Waals surface area contributed by atoms with Gasteiger partial charge in [0, 0.05) is 23.0 Å². The van der Waals surface area contributed by atoms with E-state index in [0.29, 0.717) is 10.6 Å². The first-order valence-electron chi connectivity index (χ1n) is 6.69. The average molecular weight is 310 g/mol. The van der Waals surface area contributed by atoms with E-state index in [1.807, 2.05) is 36.4 Å². The van der Waals surface area contributed by atoms with Gasteiger partial charge in [0.2, 0.25) is 0 Å². The van der Waals surface area contributed by atoms with Gasteiger partial charge < -0.3 is 5.11 Å². The largest absolute Gasteiger partial charge is 0.478 e. The second-order valence-electron chi connectivity index (χ2n) is 4.81. The van der Waals surface area contributed by atoms with Crippen LogP contribution in [-0.2, 0) is 0 Å². The zero-order chi connectivity index (χ0) is 15.5. The van der Waals surface area contributed by atoms with Crippen LogP contribution in [0.1, 0.15) is 10.4 Å². The van der Waals surface area contributed by atoms with E-state index in [9.17, 15) is 4.79 Å². The third-order valence-corrected chi connectivity index (χ3v) is 3.75. The van der Waals surface area contributed by atoms with Crippen LogP contribution < -0.4 is 0 Å². The van der Waals surface area contributed by atoms with Crippen molar-refractivity contribution in [1.82, 2.24) is 4.98 Å². The second kappa shape index (κ2) is 6.00. The Kier molecular flexibility index (Phi) is 3.90. The molecule has 3 nitrogen and oxygen atoms in total. The fraction of sp³-hybridized carbons (Fsp3) is 0. The topological polar surface area (TPSA) is 50.2 Å². The van der Waals surface area contributed by atoms with Crippen molar-refractivity contribution in [2.24, 2.45) is 0 Å². The molecule has 0 aliphatic carbocycles. The number of benzene rings is 2. The molecule has 0 atom stereocenters. The van der Waals surface area contributed by atoms with E-state index in [4.69, 9.17) is 16.7 Å². The van der Waals surface area contributed by atoms with Crippen molar-refractivity contribution in [1.29, 1.82) is 0 Å². The molecular weight excluding hydrogens is 298 g/mol. The van der Waals surface area contributed by atoms with Crippen LogP contribution in [0.2, 0.25) is 5.02 Å². The Labute approximate surface area is 132 Å². The predicted octanol–water partition coefficient (Wildman–Crippen LogP) is 4.77. The van der Waals surface area contributed by atoms with E-state index in [1.165, 1.54) is 6.07 Å². The van der Waals surface area contributed by atoms with Crippen molar-refractivity contribution in [3.63, 3.8) is 0 Å². The van der Waals surface area contributed by atoms with Crippen molar-refractivity contribution < 1.29 is 9.90 Å². The Balaban J connectivity index is 2.00. The molecule has 0 unspecified atom stereocenters. The molecule has 0 aliphatic rings. The Morgan fingerprint density at radius 1 is 0.864 bits per heavy atom. The zero-order valence-electron chi connectivity index (χ0n) is 11.5. The average Bonchev–Trinajstić information content (AvgIpc) is 2.56. The van der Waals surface area contributed by atoms with Crippen molar-refractivity contribution in [3.8, 4) is 22.3 Å². The van der Waals surface area contributed by atoms with Crippen molar-refractivity contribution in [2.45, 2.75) is 0 Å². The molecule has 0 amide bonds. The van der Waals surface area contributed by atoms with E-state index < -0.39 is 5.97 Å². The quantitative estimate of drug-likeness (QED) is 0.758. The van der Waals surface area contributed by atoms with Crippen LogP contribution in [0.4, 0.5) is 0 Å². The molecule has 0 saturated carbocycles. The lowest BCUT2D eigenvalue weighted by molar-refractivity contribution is 0.0697. The van der Waals surface area contributed by atoms with E-state index in [2.05, 4.69) is 4.98 Å². The highest BCUT2D eigenvalue weighted by atomic mass is 35.5. The van der Waals surface area contributed by atoms with Gasteiger partial charge in [-0.05, 0) is 47.0 Å². The highest BCUT2D eigenvalue weighted by Crippen LogP contribution is 2.30. The number of aromatic nitrogens is 1. The fourth-order valence-corrected chi connectivity index (χ4v) is 2.49. The second-order valence-corrected chi connectivity index (χ2v) is 5.22. The number of halogens is 1. The first-order chi connectivity index (χ1) is 10.6. The molecule has 0 radical (unpaired) electrons. The molecule has 3 rings (SSSR count). The maximum Gasteiger partial charge on any atom is 0.335 e. The zero-order valence-corrected chi connectivity index (χ0v) is 12.3. The van der Waals surface area contributed by atoms with Gasteiger partial charge in [-0.1, -0.05) is 35.9 Å². The molecule has 1 heterocycles. The van der Waals surface area contributed by atoms with Crippen molar-refractivity contribution in [2.75, 3.05) is 0 Å². The molecule has 0 spiro atoms. The standard InChI is InChI=1S/C18H12ClNO2/c19-17-6-5-15(18(21)22)11-16(17)14-3-1-12(2-4-14)13-7-9-20-10-8-13/h1-11H,(H,21,22). The minimum Gasteiger partial charge on any atom is -0.478 e. The van der Waals surface area contributed by atoms with Crippen LogP contribution in [0, 0.1) is 0 Å². The molecule has 22 heavy (non-hydrogen) atoms. The molecule has 1 N–H and O–H groups in total. The predicted molar refractivity (Wildman–Crippen MR) is 87.1 cm³/mol. The van der Waals surface area contributed by atoms with Gasteiger partial charge in [0.25, 0.3) is 0 Å². The van der Waals surface area contributed by atoms with Gasteiger partial charge in [-0.2, -0.15) is 0 Å². The van der Waals surface area contributed by atoms with E-state index in [0.717, 1.165) is 16.7 Å². The van der Waals surface area contributed by atoms with Crippen LogP contribution in [0.15, 0.2) is 67.0 Å². The smallest absolute Gasteiger partial charge is 0.335 e. The fourth-order valence-electron chi connectivity index (χ4n) is 2.27. The van der Waals surface area contributed by atoms with Crippen LogP contribution in [0.5, 0.6) is 0 Å². The van der Waals surface area contributed by atoms with Crippen LogP contribution in [-0.4, -0.2) is 16.1 Å². The number of nitrogens with zero attached hydrogens (tertiary/aromatic N) is 1.